The predicted octanol–water partition coefficient (Wildman–Crippen LogP) is -0.501. The minimum atomic E-state index is -0.369. The monoisotopic (exact) mass is 208 g/mol. The Bertz CT molecular complexity index is 314. The van der Waals surface area contributed by atoms with Crippen molar-refractivity contribution in [2.45, 2.75) is 6.04 Å². The van der Waals surface area contributed by atoms with E-state index in [9.17, 15) is 4.79 Å². The van der Waals surface area contributed by atoms with Crippen LogP contribution in [0.4, 0.5) is 0 Å². The number of hydrogen-bond acceptors (Lipinski definition) is 4. The van der Waals surface area contributed by atoms with Crippen molar-refractivity contribution >= 4 is 5.91 Å². The Balaban J connectivity index is 2.75. The Labute approximate surface area is 89.1 Å². The molecule has 82 valence electrons. The molecular weight excluding hydrogens is 192 g/mol. The number of nitrogens with two attached hydrogens (primary N) is 2. The smallest absolute Gasteiger partial charge is 0.231 e. The van der Waals surface area contributed by atoms with Crippen LogP contribution in [0.2, 0.25) is 0 Å². The number of hydrogen-bond donors (Lipinski definition) is 2. The van der Waals surface area contributed by atoms with Gasteiger partial charge < -0.3 is 11.5 Å². The molecule has 5 nitrogen and oxygen atoms in total. The fourth-order valence-corrected chi connectivity index (χ4v) is 1.46. The Morgan fingerprint density at radius 1 is 1.60 bits per heavy atom. The highest BCUT2D eigenvalue weighted by Gasteiger charge is 2.17. The van der Waals surface area contributed by atoms with Crippen LogP contribution in [-0.2, 0) is 4.79 Å². The first-order valence-corrected chi connectivity index (χ1v) is 4.74. The zero-order valence-electron chi connectivity index (χ0n) is 8.76. The molecule has 5 heteroatoms. The fraction of sp³-hybridized carbons (Fsp3) is 0.400. The van der Waals surface area contributed by atoms with E-state index in [1.165, 1.54) is 0 Å². The molecule has 1 unspecified atom stereocenters. The fourth-order valence-electron chi connectivity index (χ4n) is 1.46. The summed E-state index contributed by atoms with van der Waals surface area (Å²) in [6, 6.07) is 5.54. The van der Waals surface area contributed by atoms with Crippen molar-refractivity contribution in [2.24, 2.45) is 11.5 Å². The van der Waals surface area contributed by atoms with Crippen molar-refractivity contribution in [2.75, 3.05) is 20.1 Å². The second-order valence-corrected chi connectivity index (χ2v) is 3.39. The molecule has 0 bridgehead atoms. The number of amides is 1. The molecule has 0 aromatic carbocycles. The maximum absolute atomic E-state index is 10.8. The summed E-state index contributed by atoms with van der Waals surface area (Å²) in [5.41, 5.74) is 11.6. The Morgan fingerprint density at radius 2 is 2.33 bits per heavy atom. The standard InChI is InChI=1S/C10H16N4O/c1-14(7-10(12)15)9(6-11)8-4-2-3-5-13-8/h2-5,9H,6-7,11H2,1H3,(H2,12,15). The van der Waals surface area contributed by atoms with E-state index >= 15 is 0 Å². The number of rotatable bonds is 5. The van der Waals surface area contributed by atoms with Gasteiger partial charge in [-0.05, 0) is 19.2 Å². The summed E-state index contributed by atoms with van der Waals surface area (Å²) in [5, 5.41) is 0. The molecule has 1 atom stereocenters. The van der Waals surface area contributed by atoms with Crippen LogP contribution >= 0.6 is 0 Å². The normalized spacial score (nSPS) is 12.7. The number of carbonyl (C=O) groups excluding carboxylic acids is 1. The number of likely N-dealkylation sites (N-methyl/N-ethyl adjacent to an activating group) is 1. The van der Waals surface area contributed by atoms with Crippen molar-refractivity contribution in [3.63, 3.8) is 0 Å². The third-order valence-electron chi connectivity index (χ3n) is 2.19. The highest BCUT2D eigenvalue weighted by molar-refractivity contribution is 5.75. The van der Waals surface area contributed by atoms with Crippen LogP contribution in [0.3, 0.4) is 0 Å². The van der Waals surface area contributed by atoms with Gasteiger partial charge >= 0.3 is 0 Å². The highest BCUT2D eigenvalue weighted by Crippen LogP contribution is 2.14. The molecule has 1 amide bonds. The lowest BCUT2D eigenvalue weighted by Gasteiger charge is -2.24. The molecule has 0 fully saturated rings. The molecule has 1 heterocycles. The number of primary amides is 1. The molecule has 0 aliphatic heterocycles. The van der Waals surface area contributed by atoms with E-state index in [1.807, 2.05) is 18.2 Å². The number of pyridine rings is 1. The molecule has 4 N–H and O–H groups in total. The summed E-state index contributed by atoms with van der Waals surface area (Å²) in [6.07, 6.45) is 1.70. The van der Waals surface area contributed by atoms with Gasteiger partial charge in [0.2, 0.25) is 5.91 Å². The van der Waals surface area contributed by atoms with Gasteiger partial charge in [-0.3, -0.25) is 14.7 Å². The average Bonchev–Trinajstić information content (AvgIpc) is 2.19. The van der Waals surface area contributed by atoms with Crippen LogP contribution in [0, 0.1) is 0 Å². The zero-order chi connectivity index (χ0) is 11.3. The third-order valence-corrected chi connectivity index (χ3v) is 2.19. The molecule has 1 rings (SSSR count). The van der Waals surface area contributed by atoms with Gasteiger partial charge in [-0.15, -0.1) is 0 Å². The third kappa shape index (κ3) is 3.30. The second-order valence-electron chi connectivity index (χ2n) is 3.39. The molecular formula is C10H16N4O. The van der Waals surface area contributed by atoms with Crippen molar-refractivity contribution < 1.29 is 4.79 Å². The topological polar surface area (TPSA) is 85.2 Å². The molecule has 0 aliphatic carbocycles. The van der Waals surface area contributed by atoms with Gasteiger partial charge in [0.1, 0.15) is 0 Å². The van der Waals surface area contributed by atoms with Crippen molar-refractivity contribution in [1.82, 2.24) is 9.88 Å². The maximum Gasteiger partial charge on any atom is 0.231 e. The average molecular weight is 208 g/mol. The quantitative estimate of drug-likeness (QED) is 0.683. The molecule has 15 heavy (non-hydrogen) atoms. The predicted molar refractivity (Wildman–Crippen MR) is 57.9 cm³/mol. The van der Waals surface area contributed by atoms with Crippen LogP contribution in [-0.4, -0.2) is 35.9 Å². The minimum Gasteiger partial charge on any atom is -0.369 e. The molecule has 1 aromatic rings. The van der Waals surface area contributed by atoms with Gasteiger partial charge in [0.25, 0.3) is 0 Å². The largest absolute Gasteiger partial charge is 0.369 e. The van der Waals surface area contributed by atoms with E-state index in [-0.39, 0.29) is 18.5 Å². The molecule has 0 radical (unpaired) electrons. The molecule has 0 saturated carbocycles. The SMILES string of the molecule is CN(CC(N)=O)C(CN)c1ccccn1. The first-order valence-electron chi connectivity index (χ1n) is 4.74. The Hall–Kier alpha value is -1.46. The first-order chi connectivity index (χ1) is 7.15. The van der Waals surface area contributed by atoms with Gasteiger partial charge in [0.05, 0.1) is 18.3 Å². The van der Waals surface area contributed by atoms with Gasteiger partial charge in [0.15, 0.2) is 0 Å². The summed E-state index contributed by atoms with van der Waals surface area (Å²) < 4.78 is 0. The van der Waals surface area contributed by atoms with Gasteiger partial charge in [-0.2, -0.15) is 0 Å². The van der Waals surface area contributed by atoms with E-state index in [0.29, 0.717) is 6.54 Å². The zero-order valence-corrected chi connectivity index (χ0v) is 8.76. The number of carbonyl (C=O) groups is 1. The van der Waals surface area contributed by atoms with Crippen molar-refractivity contribution in [1.29, 1.82) is 0 Å². The van der Waals surface area contributed by atoms with E-state index in [4.69, 9.17) is 11.5 Å². The van der Waals surface area contributed by atoms with E-state index < -0.39 is 0 Å². The van der Waals surface area contributed by atoms with Crippen LogP contribution in [0.15, 0.2) is 24.4 Å². The van der Waals surface area contributed by atoms with Crippen LogP contribution in [0.25, 0.3) is 0 Å². The number of aromatic nitrogens is 1. The lowest BCUT2D eigenvalue weighted by Crippen LogP contribution is -2.37. The molecule has 0 aliphatic rings. The molecule has 0 spiro atoms. The lowest BCUT2D eigenvalue weighted by atomic mass is 10.1. The van der Waals surface area contributed by atoms with E-state index in [1.54, 1.807) is 18.1 Å². The maximum atomic E-state index is 10.8. The van der Waals surface area contributed by atoms with Crippen LogP contribution < -0.4 is 11.5 Å². The van der Waals surface area contributed by atoms with Gasteiger partial charge in [-0.25, -0.2) is 0 Å². The highest BCUT2D eigenvalue weighted by atomic mass is 16.1. The Morgan fingerprint density at radius 3 is 2.80 bits per heavy atom. The Kier molecular flexibility index (Phi) is 4.20. The summed E-state index contributed by atoms with van der Waals surface area (Å²) in [7, 11) is 1.80. The lowest BCUT2D eigenvalue weighted by molar-refractivity contribution is -0.119. The molecule has 1 aromatic heterocycles. The van der Waals surface area contributed by atoms with E-state index in [2.05, 4.69) is 4.98 Å². The van der Waals surface area contributed by atoms with Gasteiger partial charge in [0, 0.05) is 12.7 Å². The van der Waals surface area contributed by atoms with Gasteiger partial charge in [-0.1, -0.05) is 6.07 Å². The summed E-state index contributed by atoms with van der Waals surface area (Å²) >= 11 is 0. The summed E-state index contributed by atoms with van der Waals surface area (Å²) in [4.78, 5) is 16.8. The summed E-state index contributed by atoms with van der Waals surface area (Å²) in [5.74, 6) is -0.369. The first kappa shape index (κ1) is 11.6. The minimum absolute atomic E-state index is 0.0706. The van der Waals surface area contributed by atoms with Crippen molar-refractivity contribution in [3.8, 4) is 0 Å². The number of nitrogens with zero attached hydrogens (tertiary/aromatic N) is 2. The van der Waals surface area contributed by atoms with Crippen LogP contribution in [0.1, 0.15) is 11.7 Å². The van der Waals surface area contributed by atoms with Crippen LogP contribution in [0.5, 0.6) is 0 Å². The molecule has 0 saturated heterocycles. The second kappa shape index (κ2) is 5.43. The van der Waals surface area contributed by atoms with E-state index in [0.717, 1.165) is 5.69 Å². The van der Waals surface area contributed by atoms with Crippen molar-refractivity contribution in [3.05, 3.63) is 30.1 Å². The summed E-state index contributed by atoms with van der Waals surface area (Å²) in [6.45, 7) is 0.583.